The molecule has 0 aliphatic carbocycles. The molecule has 0 spiro atoms. The third kappa shape index (κ3) is 4.74. The third-order valence-corrected chi connectivity index (χ3v) is 3.76. The number of nitrogens with zero attached hydrogens (tertiary/aromatic N) is 3. The first kappa shape index (κ1) is 16.4. The predicted octanol–water partition coefficient (Wildman–Crippen LogP) is 1.28. The molecule has 1 aliphatic rings. The van der Waals surface area contributed by atoms with E-state index in [0.29, 0.717) is 18.1 Å². The van der Waals surface area contributed by atoms with E-state index in [1.165, 1.54) is 12.4 Å². The maximum atomic E-state index is 12.1. The Bertz CT molecular complexity index is 642. The Morgan fingerprint density at radius 2 is 1.83 bits per heavy atom. The molecule has 126 valence electrons. The van der Waals surface area contributed by atoms with Gasteiger partial charge in [0.25, 0.3) is 5.91 Å². The highest BCUT2D eigenvalue weighted by molar-refractivity contribution is 5.93. The zero-order chi connectivity index (χ0) is 16.6. The number of benzene rings is 1. The number of anilines is 2. The van der Waals surface area contributed by atoms with Gasteiger partial charge in [0.2, 0.25) is 5.95 Å². The van der Waals surface area contributed by atoms with E-state index >= 15 is 0 Å². The highest BCUT2D eigenvalue weighted by Crippen LogP contribution is 2.11. The minimum atomic E-state index is -0.158. The summed E-state index contributed by atoms with van der Waals surface area (Å²) in [4.78, 5) is 22.7. The van der Waals surface area contributed by atoms with E-state index < -0.39 is 0 Å². The summed E-state index contributed by atoms with van der Waals surface area (Å²) in [7, 11) is 0. The Morgan fingerprint density at radius 3 is 2.54 bits per heavy atom. The van der Waals surface area contributed by atoms with Gasteiger partial charge in [-0.15, -0.1) is 0 Å². The third-order valence-electron chi connectivity index (χ3n) is 3.76. The lowest BCUT2D eigenvalue weighted by molar-refractivity contribution is 0.0383. The Kier molecular flexibility index (Phi) is 5.70. The van der Waals surface area contributed by atoms with E-state index in [9.17, 15) is 4.79 Å². The summed E-state index contributed by atoms with van der Waals surface area (Å²) in [5.74, 6) is 0.306. The summed E-state index contributed by atoms with van der Waals surface area (Å²) < 4.78 is 5.30. The second-order valence-electron chi connectivity index (χ2n) is 5.50. The van der Waals surface area contributed by atoms with E-state index in [2.05, 4.69) is 25.5 Å². The number of hydrogen-bond donors (Lipinski definition) is 2. The van der Waals surface area contributed by atoms with Crippen LogP contribution in [-0.2, 0) is 4.74 Å². The van der Waals surface area contributed by atoms with Gasteiger partial charge in [0.15, 0.2) is 0 Å². The Hall–Kier alpha value is -2.51. The Balaban J connectivity index is 1.46. The number of nitrogens with one attached hydrogen (secondary N) is 2. The first-order valence-corrected chi connectivity index (χ1v) is 8.04. The van der Waals surface area contributed by atoms with Crippen molar-refractivity contribution in [3.63, 3.8) is 0 Å². The number of carbonyl (C=O) groups is 1. The number of hydrogen-bond acceptors (Lipinski definition) is 6. The molecule has 1 fully saturated rings. The number of rotatable bonds is 6. The second-order valence-corrected chi connectivity index (χ2v) is 5.50. The van der Waals surface area contributed by atoms with Crippen molar-refractivity contribution >= 4 is 17.5 Å². The van der Waals surface area contributed by atoms with Gasteiger partial charge in [-0.2, -0.15) is 0 Å². The van der Waals surface area contributed by atoms with Gasteiger partial charge in [0.1, 0.15) is 0 Å². The summed E-state index contributed by atoms with van der Waals surface area (Å²) in [6.45, 7) is 4.78. The fourth-order valence-corrected chi connectivity index (χ4v) is 2.41. The van der Waals surface area contributed by atoms with Crippen molar-refractivity contribution in [2.75, 3.05) is 44.7 Å². The van der Waals surface area contributed by atoms with E-state index in [1.807, 2.05) is 30.3 Å². The molecule has 0 unspecified atom stereocenters. The quantitative estimate of drug-likeness (QED) is 0.832. The molecular weight excluding hydrogens is 306 g/mol. The summed E-state index contributed by atoms with van der Waals surface area (Å²) in [5, 5.41) is 5.98. The summed E-state index contributed by atoms with van der Waals surface area (Å²) >= 11 is 0. The minimum Gasteiger partial charge on any atom is -0.379 e. The molecule has 2 heterocycles. The van der Waals surface area contributed by atoms with Gasteiger partial charge in [-0.25, -0.2) is 9.97 Å². The van der Waals surface area contributed by atoms with Crippen LogP contribution in [0.25, 0.3) is 0 Å². The highest BCUT2D eigenvalue weighted by atomic mass is 16.5. The van der Waals surface area contributed by atoms with E-state index in [0.717, 1.165) is 38.5 Å². The molecule has 1 aromatic heterocycles. The van der Waals surface area contributed by atoms with Crippen LogP contribution in [0.2, 0.25) is 0 Å². The van der Waals surface area contributed by atoms with Gasteiger partial charge < -0.3 is 15.4 Å². The Morgan fingerprint density at radius 1 is 1.12 bits per heavy atom. The number of carbonyl (C=O) groups excluding carboxylic acids is 1. The topological polar surface area (TPSA) is 79.4 Å². The second kappa shape index (κ2) is 8.37. The lowest BCUT2D eigenvalue weighted by atomic mass is 10.3. The molecule has 1 aliphatic heterocycles. The molecule has 0 atom stereocenters. The summed E-state index contributed by atoms with van der Waals surface area (Å²) in [6, 6.07) is 9.65. The van der Waals surface area contributed by atoms with Crippen LogP contribution < -0.4 is 10.6 Å². The van der Waals surface area contributed by atoms with Crippen molar-refractivity contribution in [2.24, 2.45) is 0 Å². The molecule has 7 nitrogen and oxygen atoms in total. The largest absolute Gasteiger partial charge is 0.379 e. The van der Waals surface area contributed by atoms with Gasteiger partial charge in [-0.1, -0.05) is 18.2 Å². The standard InChI is InChI=1S/C17H21N5O2/c23-16(18-6-7-22-8-10-24-11-9-22)14-12-19-17(20-13-14)21-15-4-2-1-3-5-15/h1-5,12-13H,6-11H2,(H,18,23)(H,19,20,21). The highest BCUT2D eigenvalue weighted by Gasteiger charge is 2.11. The number of morpholine rings is 1. The van der Waals surface area contributed by atoms with Gasteiger partial charge in [-0.3, -0.25) is 9.69 Å². The summed E-state index contributed by atoms with van der Waals surface area (Å²) in [5.41, 5.74) is 1.36. The molecular formula is C17H21N5O2. The van der Waals surface area contributed by atoms with E-state index in [-0.39, 0.29) is 5.91 Å². The van der Waals surface area contributed by atoms with Crippen molar-refractivity contribution in [1.29, 1.82) is 0 Å². The molecule has 24 heavy (non-hydrogen) atoms. The first-order chi connectivity index (χ1) is 11.8. The van der Waals surface area contributed by atoms with Crippen LogP contribution >= 0.6 is 0 Å². The van der Waals surface area contributed by atoms with Crippen molar-refractivity contribution in [3.05, 3.63) is 48.3 Å². The average Bonchev–Trinajstić information content (AvgIpc) is 2.64. The fourth-order valence-electron chi connectivity index (χ4n) is 2.41. The fraction of sp³-hybridized carbons (Fsp3) is 0.353. The molecule has 7 heteroatoms. The summed E-state index contributed by atoms with van der Waals surface area (Å²) in [6.07, 6.45) is 3.06. The molecule has 0 radical (unpaired) electrons. The van der Waals surface area contributed by atoms with Gasteiger partial charge >= 0.3 is 0 Å². The maximum Gasteiger partial charge on any atom is 0.254 e. The van der Waals surface area contributed by atoms with Crippen LogP contribution in [-0.4, -0.2) is 60.2 Å². The molecule has 1 saturated heterocycles. The molecule has 0 saturated carbocycles. The number of ether oxygens (including phenoxy) is 1. The smallest absolute Gasteiger partial charge is 0.254 e. The lowest BCUT2D eigenvalue weighted by Crippen LogP contribution is -2.41. The van der Waals surface area contributed by atoms with Crippen LogP contribution in [0.15, 0.2) is 42.7 Å². The number of aromatic nitrogens is 2. The van der Waals surface area contributed by atoms with Crippen LogP contribution in [0.5, 0.6) is 0 Å². The van der Waals surface area contributed by atoms with Gasteiger partial charge in [-0.05, 0) is 12.1 Å². The number of para-hydroxylation sites is 1. The van der Waals surface area contributed by atoms with Crippen LogP contribution in [0, 0.1) is 0 Å². The van der Waals surface area contributed by atoms with E-state index in [1.54, 1.807) is 0 Å². The zero-order valence-electron chi connectivity index (χ0n) is 13.4. The van der Waals surface area contributed by atoms with Crippen molar-refractivity contribution in [3.8, 4) is 0 Å². The van der Waals surface area contributed by atoms with Gasteiger partial charge in [0, 0.05) is 44.3 Å². The lowest BCUT2D eigenvalue weighted by Gasteiger charge is -2.26. The normalized spacial score (nSPS) is 15.0. The SMILES string of the molecule is O=C(NCCN1CCOCC1)c1cnc(Nc2ccccc2)nc1. The average molecular weight is 327 g/mol. The molecule has 0 bridgehead atoms. The van der Waals surface area contributed by atoms with Crippen molar-refractivity contribution in [2.45, 2.75) is 0 Å². The maximum absolute atomic E-state index is 12.1. The van der Waals surface area contributed by atoms with Crippen LogP contribution in [0.3, 0.4) is 0 Å². The van der Waals surface area contributed by atoms with Gasteiger partial charge in [0.05, 0.1) is 18.8 Å². The number of amides is 1. The Labute approximate surface area is 141 Å². The van der Waals surface area contributed by atoms with E-state index in [4.69, 9.17) is 4.74 Å². The molecule has 2 N–H and O–H groups in total. The molecule has 3 rings (SSSR count). The molecule has 2 aromatic rings. The monoisotopic (exact) mass is 327 g/mol. The van der Waals surface area contributed by atoms with Crippen molar-refractivity contribution in [1.82, 2.24) is 20.2 Å². The van der Waals surface area contributed by atoms with Crippen molar-refractivity contribution < 1.29 is 9.53 Å². The molecule has 1 aromatic carbocycles. The van der Waals surface area contributed by atoms with Crippen LogP contribution in [0.1, 0.15) is 10.4 Å². The molecule has 1 amide bonds. The first-order valence-electron chi connectivity index (χ1n) is 8.04. The predicted molar refractivity (Wildman–Crippen MR) is 91.3 cm³/mol. The van der Waals surface area contributed by atoms with Crippen LogP contribution in [0.4, 0.5) is 11.6 Å². The zero-order valence-corrected chi connectivity index (χ0v) is 13.4. The minimum absolute atomic E-state index is 0.158.